The lowest BCUT2D eigenvalue weighted by atomic mass is 10.1. The molecule has 6 amide bonds. The van der Waals surface area contributed by atoms with Crippen LogP contribution in [0, 0.1) is 0 Å². The summed E-state index contributed by atoms with van der Waals surface area (Å²) < 4.78 is 0. The van der Waals surface area contributed by atoms with Crippen molar-refractivity contribution < 1.29 is 53.7 Å². The second-order valence-corrected chi connectivity index (χ2v) is 9.55. The summed E-state index contributed by atoms with van der Waals surface area (Å²) in [5.41, 5.74) is 10.7. The molecule has 0 aliphatic carbocycles. The number of rotatable bonds is 16. The van der Waals surface area contributed by atoms with Crippen molar-refractivity contribution in [2.24, 2.45) is 11.5 Å². The van der Waals surface area contributed by atoms with E-state index in [1.165, 1.54) is 6.92 Å². The largest absolute Gasteiger partial charge is 0.481 e. The van der Waals surface area contributed by atoms with Crippen LogP contribution in [-0.2, 0) is 38.4 Å². The topological polar surface area (TPSA) is 301 Å². The lowest BCUT2D eigenvalue weighted by Gasteiger charge is -2.28. The zero-order valence-corrected chi connectivity index (χ0v) is 23.0. The maximum atomic E-state index is 13.0. The summed E-state index contributed by atoms with van der Waals surface area (Å²) in [4.78, 5) is 98.2. The highest BCUT2D eigenvalue weighted by molar-refractivity contribution is 7.80. The number of carboxylic acids is 2. The van der Waals surface area contributed by atoms with Crippen molar-refractivity contribution in [1.29, 1.82) is 0 Å². The summed E-state index contributed by atoms with van der Waals surface area (Å²) in [5.74, 6) is -8.88. The number of carbonyl (C=O) groups is 8. The molecule has 0 aromatic heterocycles. The van der Waals surface area contributed by atoms with Crippen LogP contribution in [0.2, 0.25) is 0 Å². The molecule has 1 aliphatic rings. The molecule has 6 atom stereocenters. The minimum atomic E-state index is -1.79. The van der Waals surface area contributed by atoms with Gasteiger partial charge >= 0.3 is 11.9 Å². The number of thiol groups is 1. The van der Waals surface area contributed by atoms with Crippen LogP contribution in [0.5, 0.6) is 0 Å². The molecule has 0 spiro atoms. The minimum Gasteiger partial charge on any atom is -0.481 e. The van der Waals surface area contributed by atoms with Gasteiger partial charge in [-0.15, -0.1) is 0 Å². The Balaban J connectivity index is 3.00. The number of nitrogens with two attached hydrogens (primary N) is 2. The molecule has 1 heterocycles. The molecule has 0 radical (unpaired) electrons. The maximum Gasteiger partial charge on any atom is 0.326 e. The normalized spacial score (nSPS) is 18.1. The van der Waals surface area contributed by atoms with E-state index in [-0.39, 0.29) is 18.7 Å². The van der Waals surface area contributed by atoms with Gasteiger partial charge in [0.1, 0.15) is 30.2 Å². The van der Waals surface area contributed by atoms with E-state index in [4.69, 9.17) is 11.5 Å². The van der Waals surface area contributed by atoms with Crippen LogP contribution in [0.4, 0.5) is 0 Å². The van der Waals surface area contributed by atoms with Gasteiger partial charge in [-0.2, -0.15) is 12.6 Å². The number of likely N-dealkylation sites (tertiary alicyclic amines) is 1. The number of hydrogen-bond acceptors (Lipinski definition) is 11. The number of carbonyl (C=O) groups excluding carboxylic acids is 6. The molecule has 19 heteroatoms. The van der Waals surface area contributed by atoms with E-state index in [1.54, 1.807) is 0 Å². The van der Waals surface area contributed by atoms with Crippen LogP contribution in [0.3, 0.4) is 0 Å². The molecular weight excluding hydrogens is 570 g/mol. The van der Waals surface area contributed by atoms with Gasteiger partial charge in [-0.25, -0.2) is 4.79 Å². The maximum absolute atomic E-state index is 13.0. The van der Waals surface area contributed by atoms with Crippen LogP contribution < -0.4 is 32.7 Å². The van der Waals surface area contributed by atoms with Gasteiger partial charge in [0, 0.05) is 12.3 Å². The Hall–Kier alpha value is -3.97. The first-order chi connectivity index (χ1) is 19.1. The number of nitrogens with one attached hydrogen (secondary N) is 4. The zero-order valence-electron chi connectivity index (χ0n) is 22.1. The van der Waals surface area contributed by atoms with Crippen molar-refractivity contribution in [3.63, 3.8) is 0 Å². The van der Waals surface area contributed by atoms with Gasteiger partial charge in [-0.05, 0) is 19.8 Å². The molecule has 1 aliphatic heterocycles. The molecule has 1 rings (SSSR count). The SMILES string of the molecule is C[C@H](NC(=O)[C@@H](N)CS)C(=O)N[C@@H](CC(=O)O)C(=O)N[C@@H](CO)C(=O)N[C@@H](CC(N)=O)C(=O)N1CCC[C@H]1C(=O)O. The number of aliphatic carboxylic acids is 2. The van der Waals surface area contributed by atoms with Gasteiger partial charge in [-0.1, -0.05) is 0 Å². The Kier molecular flexibility index (Phi) is 14.0. The number of amides is 6. The summed E-state index contributed by atoms with van der Waals surface area (Å²) in [6.07, 6.45) is -1.18. The molecule has 0 bridgehead atoms. The number of aliphatic hydroxyl groups excluding tert-OH is 1. The highest BCUT2D eigenvalue weighted by atomic mass is 32.1. The van der Waals surface area contributed by atoms with Gasteiger partial charge in [0.05, 0.1) is 25.5 Å². The van der Waals surface area contributed by atoms with E-state index in [0.717, 1.165) is 4.90 Å². The highest BCUT2D eigenvalue weighted by Crippen LogP contribution is 2.19. The average molecular weight is 606 g/mol. The minimum absolute atomic E-state index is 0.0289. The van der Waals surface area contributed by atoms with E-state index >= 15 is 0 Å². The average Bonchev–Trinajstić information content (AvgIpc) is 3.39. The van der Waals surface area contributed by atoms with E-state index < -0.39 is 103 Å². The van der Waals surface area contributed by atoms with Gasteiger partial charge in [-0.3, -0.25) is 33.6 Å². The predicted octanol–water partition coefficient (Wildman–Crippen LogP) is -5.38. The Morgan fingerprint density at radius 2 is 1.44 bits per heavy atom. The lowest BCUT2D eigenvalue weighted by Crippen LogP contribution is -2.60. The molecule has 18 nitrogen and oxygen atoms in total. The molecule has 0 saturated carbocycles. The van der Waals surface area contributed by atoms with Crippen molar-refractivity contribution in [2.75, 3.05) is 18.9 Å². The predicted molar refractivity (Wildman–Crippen MR) is 141 cm³/mol. The van der Waals surface area contributed by atoms with Crippen LogP contribution in [-0.4, -0.2) is 123 Å². The summed E-state index contributed by atoms with van der Waals surface area (Å²) in [5, 5.41) is 36.8. The fraction of sp³-hybridized carbons (Fsp3) is 0.636. The smallest absolute Gasteiger partial charge is 0.326 e. The second-order valence-electron chi connectivity index (χ2n) is 9.18. The molecule has 0 aromatic rings. The van der Waals surface area contributed by atoms with Crippen molar-refractivity contribution in [1.82, 2.24) is 26.2 Å². The molecule has 11 N–H and O–H groups in total. The quantitative estimate of drug-likeness (QED) is 0.0738. The zero-order chi connectivity index (χ0) is 31.4. The summed E-state index contributed by atoms with van der Waals surface area (Å²) in [6.45, 7) is 0.221. The fourth-order valence-electron chi connectivity index (χ4n) is 3.78. The molecule has 0 aromatic carbocycles. The van der Waals surface area contributed by atoms with Crippen molar-refractivity contribution in [3.8, 4) is 0 Å². The molecule has 0 unspecified atom stereocenters. The third-order valence-electron chi connectivity index (χ3n) is 5.95. The Morgan fingerprint density at radius 3 is 1.95 bits per heavy atom. The molecule has 1 fully saturated rings. The number of nitrogens with zero attached hydrogens (tertiary/aromatic N) is 1. The summed E-state index contributed by atoms with van der Waals surface area (Å²) in [7, 11) is 0. The summed E-state index contributed by atoms with van der Waals surface area (Å²) in [6, 6.07) is -8.68. The van der Waals surface area contributed by atoms with Gasteiger partial charge < -0.3 is 53.0 Å². The van der Waals surface area contributed by atoms with E-state index in [9.17, 15) is 53.7 Å². The molecule has 1 saturated heterocycles. The third-order valence-corrected chi connectivity index (χ3v) is 6.35. The van der Waals surface area contributed by atoms with Gasteiger partial charge in [0.2, 0.25) is 35.4 Å². The first kappa shape index (κ1) is 35.1. The summed E-state index contributed by atoms with van der Waals surface area (Å²) >= 11 is 3.86. The number of primary amides is 1. The van der Waals surface area contributed by atoms with Crippen molar-refractivity contribution in [2.45, 2.75) is 68.9 Å². The molecule has 41 heavy (non-hydrogen) atoms. The molecular formula is C22H35N7O11S. The lowest BCUT2D eigenvalue weighted by molar-refractivity contribution is -0.149. The van der Waals surface area contributed by atoms with Gasteiger partial charge in [0.25, 0.3) is 0 Å². The number of carboxylic acid groups (broad SMARTS) is 2. The van der Waals surface area contributed by atoms with E-state index in [0.29, 0.717) is 6.42 Å². The van der Waals surface area contributed by atoms with Crippen LogP contribution in [0.1, 0.15) is 32.6 Å². The van der Waals surface area contributed by atoms with Crippen LogP contribution >= 0.6 is 12.6 Å². The van der Waals surface area contributed by atoms with Crippen LogP contribution in [0.15, 0.2) is 0 Å². The number of hydrogen-bond donors (Lipinski definition) is 10. The van der Waals surface area contributed by atoms with Crippen LogP contribution in [0.25, 0.3) is 0 Å². The Morgan fingerprint density at radius 1 is 0.878 bits per heavy atom. The van der Waals surface area contributed by atoms with Gasteiger partial charge in [0.15, 0.2) is 0 Å². The van der Waals surface area contributed by atoms with E-state index in [2.05, 4.69) is 28.6 Å². The first-order valence-corrected chi connectivity index (χ1v) is 13.0. The third kappa shape index (κ3) is 10.8. The van der Waals surface area contributed by atoms with Crippen molar-refractivity contribution >= 4 is 60.0 Å². The first-order valence-electron chi connectivity index (χ1n) is 12.3. The Bertz CT molecular complexity index is 1040. The second kappa shape index (κ2) is 16.3. The Labute approximate surface area is 239 Å². The fourth-order valence-corrected chi connectivity index (χ4v) is 3.94. The molecule has 230 valence electrons. The van der Waals surface area contributed by atoms with E-state index in [1.807, 2.05) is 5.32 Å². The monoisotopic (exact) mass is 605 g/mol. The van der Waals surface area contributed by atoms with Crippen molar-refractivity contribution in [3.05, 3.63) is 0 Å². The standard InChI is InChI=1S/C22H35N7O11S/c1-9(25-18(35)10(23)8-41)17(34)26-11(6-16(32)33)19(36)28-13(7-30)20(37)27-12(5-15(24)31)21(38)29-4-2-3-14(29)22(39)40/h9-14,30,41H,2-8,23H2,1H3,(H2,24,31)(H,25,35)(H,26,34)(H,27,37)(H,28,36)(H,32,33)(H,39,40)/t9-,10-,11-,12-,13-,14-/m0/s1. The highest BCUT2D eigenvalue weighted by Gasteiger charge is 2.39. The number of aliphatic hydroxyl groups is 1.